The van der Waals surface area contributed by atoms with Gasteiger partial charge in [-0.25, -0.2) is 0 Å². The number of rotatable bonds is 8. The Morgan fingerprint density at radius 3 is 2.32 bits per heavy atom. The Morgan fingerprint density at radius 1 is 1.00 bits per heavy atom. The van der Waals surface area contributed by atoms with E-state index in [2.05, 4.69) is 10.6 Å². The molecule has 0 atom stereocenters. The highest BCUT2D eigenvalue weighted by atomic mass is 35.5. The lowest BCUT2D eigenvalue weighted by atomic mass is 10.1. The summed E-state index contributed by atoms with van der Waals surface area (Å²) in [5, 5.41) is 6.17. The first-order valence-electron chi connectivity index (χ1n) is 8.10. The minimum absolute atomic E-state index is 0.0271. The van der Waals surface area contributed by atoms with Gasteiger partial charge in [-0.1, -0.05) is 23.7 Å². The summed E-state index contributed by atoms with van der Waals surface area (Å²) in [7, 11) is 0. The summed E-state index contributed by atoms with van der Waals surface area (Å²) in [6.45, 7) is 2.39. The maximum atomic E-state index is 12.0. The monoisotopic (exact) mass is 360 g/mol. The van der Waals surface area contributed by atoms with Crippen LogP contribution >= 0.6 is 11.6 Å². The maximum Gasteiger partial charge on any atom is 0.257 e. The van der Waals surface area contributed by atoms with Crippen LogP contribution in [-0.4, -0.2) is 25.0 Å². The number of likely N-dealkylation sites (N-methyl/N-ethyl adjacent to an activating group) is 1. The van der Waals surface area contributed by atoms with Crippen molar-refractivity contribution in [2.45, 2.75) is 19.8 Å². The molecule has 0 aliphatic carbocycles. The standard InChI is InChI=1S/C19H21ClN2O3/c1-2-21-19(24)13-25-17-10-8-16(9-11-17)22-18(23)12-5-14-3-6-15(20)7-4-14/h3-4,6-11H,2,5,12-13H2,1H3,(H,21,24)(H,22,23). The molecule has 132 valence electrons. The molecule has 0 aromatic heterocycles. The Kier molecular flexibility index (Phi) is 7.29. The van der Waals surface area contributed by atoms with E-state index in [1.54, 1.807) is 24.3 Å². The van der Waals surface area contributed by atoms with Gasteiger partial charge in [0.1, 0.15) is 5.75 Å². The second-order valence-electron chi connectivity index (χ2n) is 5.44. The average molecular weight is 361 g/mol. The molecule has 6 heteroatoms. The number of benzene rings is 2. The Labute approximate surface area is 152 Å². The van der Waals surface area contributed by atoms with Gasteiger partial charge in [0, 0.05) is 23.7 Å². The van der Waals surface area contributed by atoms with Gasteiger partial charge in [0.2, 0.25) is 5.91 Å². The SMILES string of the molecule is CCNC(=O)COc1ccc(NC(=O)CCc2ccc(Cl)cc2)cc1. The minimum atomic E-state index is -0.165. The van der Waals surface area contributed by atoms with E-state index in [9.17, 15) is 9.59 Å². The van der Waals surface area contributed by atoms with E-state index >= 15 is 0 Å². The van der Waals surface area contributed by atoms with Gasteiger partial charge in [0.25, 0.3) is 5.91 Å². The van der Waals surface area contributed by atoms with Crippen LogP contribution in [0.15, 0.2) is 48.5 Å². The number of carbonyl (C=O) groups is 2. The minimum Gasteiger partial charge on any atom is -0.484 e. The molecule has 2 aromatic carbocycles. The summed E-state index contributed by atoms with van der Waals surface area (Å²) in [4.78, 5) is 23.3. The lowest BCUT2D eigenvalue weighted by Crippen LogP contribution is -2.28. The number of aryl methyl sites for hydroxylation is 1. The lowest BCUT2D eigenvalue weighted by Gasteiger charge is -2.08. The maximum absolute atomic E-state index is 12.0. The summed E-state index contributed by atoms with van der Waals surface area (Å²) in [5.74, 6) is 0.346. The van der Waals surface area contributed by atoms with Crippen molar-refractivity contribution in [1.29, 1.82) is 0 Å². The highest BCUT2D eigenvalue weighted by Gasteiger charge is 2.05. The van der Waals surface area contributed by atoms with E-state index in [-0.39, 0.29) is 18.4 Å². The van der Waals surface area contributed by atoms with Crippen LogP contribution in [0.5, 0.6) is 5.75 Å². The molecule has 0 spiro atoms. The molecule has 2 aromatic rings. The highest BCUT2D eigenvalue weighted by molar-refractivity contribution is 6.30. The first kappa shape index (κ1) is 18.8. The zero-order chi connectivity index (χ0) is 18.1. The summed E-state index contributed by atoms with van der Waals surface area (Å²) in [6, 6.07) is 14.4. The van der Waals surface area contributed by atoms with E-state index in [4.69, 9.17) is 16.3 Å². The number of nitrogens with one attached hydrogen (secondary N) is 2. The quantitative estimate of drug-likeness (QED) is 0.757. The predicted molar refractivity (Wildman–Crippen MR) is 99.0 cm³/mol. The third kappa shape index (κ3) is 6.85. The van der Waals surface area contributed by atoms with Gasteiger partial charge in [-0.2, -0.15) is 0 Å². The molecule has 0 aliphatic heterocycles. The molecule has 0 fully saturated rings. The van der Waals surface area contributed by atoms with Crippen molar-refractivity contribution in [2.24, 2.45) is 0 Å². The fraction of sp³-hybridized carbons (Fsp3) is 0.263. The van der Waals surface area contributed by atoms with Gasteiger partial charge in [0.05, 0.1) is 0 Å². The zero-order valence-electron chi connectivity index (χ0n) is 14.0. The number of hydrogen-bond acceptors (Lipinski definition) is 3. The van der Waals surface area contributed by atoms with E-state index in [0.717, 1.165) is 5.56 Å². The third-order valence-electron chi connectivity index (χ3n) is 3.44. The molecule has 0 saturated heterocycles. The van der Waals surface area contributed by atoms with E-state index in [1.165, 1.54) is 0 Å². The molecule has 5 nitrogen and oxygen atoms in total. The molecular weight excluding hydrogens is 340 g/mol. The van der Waals surface area contributed by atoms with Gasteiger partial charge in [0.15, 0.2) is 6.61 Å². The molecular formula is C19H21ClN2O3. The van der Waals surface area contributed by atoms with Crippen molar-refractivity contribution in [3.63, 3.8) is 0 Å². The number of ether oxygens (including phenoxy) is 1. The Bertz CT molecular complexity index is 700. The molecule has 25 heavy (non-hydrogen) atoms. The van der Waals surface area contributed by atoms with Crippen molar-refractivity contribution < 1.29 is 14.3 Å². The van der Waals surface area contributed by atoms with Crippen molar-refractivity contribution in [3.8, 4) is 5.75 Å². The van der Waals surface area contributed by atoms with E-state index < -0.39 is 0 Å². The molecule has 0 unspecified atom stereocenters. The first-order valence-corrected chi connectivity index (χ1v) is 8.48. The normalized spacial score (nSPS) is 10.2. The fourth-order valence-electron chi connectivity index (χ4n) is 2.16. The van der Waals surface area contributed by atoms with Crippen molar-refractivity contribution >= 4 is 29.1 Å². The Balaban J connectivity index is 1.77. The number of hydrogen-bond donors (Lipinski definition) is 2. The molecule has 0 bridgehead atoms. The summed E-state index contributed by atoms with van der Waals surface area (Å²) in [6.07, 6.45) is 1.04. The molecule has 2 amide bonds. The smallest absolute Gasteiger partial charge is 0.257 e. The van der Waals surface area contributed by atoms with Crippen LogP contribution in [0, 0.1) is 0 Å². The second kappa shape index (κ2) is 9.69. The highest BCUT2D eigenvalue weighted by Crippen LogP contribution is 2.16. The number of carbonyl (C=O) groups excluding carboxylic acids is 2. The summed E-state index contributed by atoms with van der Waals surface area (Å²) < 4.78 is 5.36. The Morgan fingerprint density at radius 2 is 1.68 bits per heavy atom. The number of halogens is 1. The number of amides is 2. The topological polar surface area (TPSA) is 67.4 Å². The molecule has 0 heterocycles. The van der Waals surface area contributed by atoms with Gasteiger partial charge >= 0.3 is 0 Å². The van der Waals surface area contributed by atoms with Crippen LogP contribution in [0.3, 0.4) is 0 Å². The van der Waals surface area contributed by atoms with Crippen LogP contribution < -0.4 is 15.4 Å². The Hall–Kier alpha value is -2.53. The van der Waals surface area contributed by atoms with Crippen LogP contribution in [0.1, 0.15) is 18.9 Å². The second-order valence-corrected chi connectivity index (χ2v) is 5.88. The van der Waals surface area contributed by atoms with E-state index in [0.29, 0.717) is 35.8 Å². The number of anilines is 1. The molecule has 0 saturated carbocycles. The first-order chi connectivity index (χ1) is 12.1. The predicted octanol–water partition coefficient (Wildman–Crippen LogP) is 3.43. The van der Waals surface area contributed by atoms with Crippen LogP contribution in [0.2, 0.25) is 5.02 Å². The molecule has 0 radical (unpaired) electrons. The van der Waals surface area contributed by atoms with Crippen molar-refractivity contribution in [2.75, 3.05) is 18.5 Å². The van der Waals surface area contributed by atoms with Gasteiger partial charge in [-0.05, 0) is 55.3 Å². The lowest BCUT2D eigenvalue weighted by molar-refractivity contribution is -0.123. The molecule has 0 aliphatic rings. The zero-order valence-corrected chi connectivity index (χ0v) is 14.8. The van der Waals surface area contributed by atoms with Gasteiger partial charge in [-0.3, -0.25) is 9.59 Å². The molecule has 2 rings (SSSR count). The molecule has 2 N–H and O–H groups in total. The summed E-state index contributed by atoms with van der Waals surface area (Å²) >= 11 is 5.84. The fourth-order valence-corrected chi connectivity index (χ4v) is 2.29. The summed E-state index contributed by atoms with van der Waals surface area (Å²) in [5.41, 5.74) is 1.75. The van der Waals surface area contributed by atoms with Crippen molar-refractivity contribution in [1.82, 2.24) is 5.32 Å². The van der Waals surface area contributed by atoms with Gasteiger partial charge in [-0.15, -0.1) is 0 Å². The largest absolute Gasteiger partial charge is 0.484 e. The van der Waals surface area contributed by atoms with Crippen LogP contribution in [0.25, 0.3) is 0 Å². The third-order valence-corrected chi connectivity index (χ3v) is 3.69. The average Bonchev–Trinajstić information content (AvgIpc) is 2.61. The van der Waals surface area contributed by atoms with Crippen LogP contribution in [0.4, 0.5) is 5.69 Å². The van der Waals surface area contributed by atoms with E-state index in [1.807, 2.05) is 31.2 Å². The van der Waals surface area contributed by atoms with Gasteiger partial charge < -0.3 is 15.4 Å². The van der Waals surface area contributed by atoms with Crippen LogP contribution in [-0.2, 0) is 16.0 Å². The van der Waals surface area contributed by atoms with Crippen molar-refractivity contribution in [3.05, 3.63) is 59.1 Å².